The van der Waals surface area contributed by atoms with Crippen LogP contribution in [0.15, 0.2) is 35.5 Å². The molecule has 0 aromatic rings. The zero-order chi connectivity index (χ0) is 12.6. The molecular weight excluding hydrogens is 200 g/mol. The lowest BCUT2D eigenvalue weighted by molar-refractivity contribution is -0.131. The molecule has 0 fully saturated rings. The van der Waals surface area contributed by atoms with Crippen molar-refractivity contribution >= 4 is 5.97 Å². The van der Waals surface area contributed by atoms with Gasteiger partial charge in [-0.3, -0.25) is 0 Å². The normalized spacial score (nSPS) is 13.9. The van der Waals surface area contributed by atoms with Gasteiger partial charge in [0.15, 0.2) is 0 Å². The molecule has 2 heteroatoms. The van der Waals surface area contributed by atoms with Crippen molar-refractivity contribution < 1.29 is 9.90 Å². The van der Waals surface area contributed by atoms with Crippen LogP contribution in [0.2, 0.25) is 0 Å². The molecule has 0 aromatic carbocycles. The smallest absolute Gasteiger partial charge is 0.328 e. The van der Waals surface area contributed by atoms with Gasteiger partial charge in [0.05, 0.1) is 0 Å². The summed E-state index contributed by atoms with van der Waals surface area (Å²) in [4.78, 5) is 10.4. The molecule has 1 unspecified atom stereocenters. The number of carboxylic acid groups (broad SMARTS) is 1. The van der Waals surface area contributed by atoms with E-state index in [-0.39, 0.29) is 0 Å². The highest BCUT2D eigenvalue weighted by molar-refractivity contribution is 5.81. The zero-order valence-corrected chi connectivity index (χ0v) is 10.7. The number of allylic oxidation sites excluding steroid dienone is 5. The monoisotopic (exact) mass is 222 g/mol. The van der Waals surface area contributed by atoms with E-state index in [9.17, 15) is 4.79 Å². The third-order valence-electron chi connectivity index (χ3n) is 2.20. The summed E-state index contributed by atoms with van der Waals surface area (Å²) in [6.45, 7) is 8.19. The number of aliphatic carboxylic acids is 1. The van der Waals surface area contributed by atoms with Crippen LogP contribution in [0.4, 0.5) is 0 Å². The first-order chi connectivity index (χ1) is 7.41. The van der Waals surface area contributed by atoms with Crippen molar-refractivity contribution in [1.29, 1.82) is 0 Å². The van der Waals surface area contributed by atoms with Crippen molar-refractivity contribution in [2.75, 3.05) is 0 Å². The highest BCUT2D eigenvalue weighted by Crippen LogP contribution is 2.11. The molecule has 0 radical (unpaired) electrons. The van der Waals surface area contributed by atoms with Crippen LogP contribution in [0.25, 0.3) is 0 Å². The molecule has 0 spiro atoms. The summed E-state index contributed by atoms with van der Waals surface area (Å²) in [6, 6.07) is 0. The van der Waals surface area contributed by atoms with E-state index in [2.05, 4.69) is 26.8 Å². The van der Waals surface area contributed by atoms with Crippen LogP contribution in [0.3, 0.4) is 0 Å². The minimum absolute atomic E-state index is 0.601. The second-order valence-corrected chi connectivity index (χ2v) is 4.49. The highest BCUT2D eigenvalue weighted by atomic mass is 16.4. The molecule has 0 heterocycles. The molecule has 2 nitrogen and oxygen atoms in total. The number of rotatable bonds is 6. The van der Waals surface area contributed by atoms with Gasteiger partial charge < -0.3 is 5.11 Å². The van der Waals surface area contributed by atoms with Crippen molar-refractivity contribution in [3.05, 3.63) is 35.5 Å². The van der Waals surface area contributed by atoms with Crippen LogP contribution in [-0.4, -0.2) is 11.1 Å². The summed E-state index contributed by atoms with van der Waals surface area (Å²) in [5.74, 6) is -0.288. The van der Waals surface area contributed by atoms with Crippen LogP contribution in [-0.2, 0) is 4.79 Å². The summed E-state index contributed by atoms with van der Waals surface area (Å²) in [7, 11) is 0. The first-order valence-corrected chi connectivity index (χ1v) is 5.63. The van der Waals surface area contributed by atoms with Crippen LogP contribution >= 0.6 is 0 Å². The molecule has 90 valence electrons. The Balaban J connectivity index is 4.00. The molecule has 0 saturated carbocycles. The molecule has 0 aliphatic carbocycles. The average molecular weight is 222 g/mol. The summed E-state index contributed by atoms with van der Waals surface area (Å²) in [5.41, 5.74) is 2.12. The van der Waals surface area contributed by atoms with Gasteiger partial charge in [-0.2, -0.15) is 0 Å². The van der Waals surface area contributed by atoms with E-state index in [0.717, 1.165) is 18.4 Å². The average Bonchev–Trinajstić information content (AvgIpc) is 2.13. The van der Waals surface area contributed by atoms with E-state index >= 15 is 0 Å². The van der Waals surface area contributed by atoms with E-state index < -0.39 is 5.97 Å². The molecule has 0 aromatic heterocycles. The van der Waals surface area contributed by atoms with Crippen LogP contribution < -0.4 is 0 Å². The summed E-state index contributed by atoms with van der Waals surface area (Å²) in [6.07, 6.45) is 9.42. The predicted octanol–water partition coefficient (Wildman–Crippen LogP) is 3.96. The largest absolute Gasteiger partial charge is 0.478 e. The molecule has 0 bridgehead atoms. The van der Waals surface area contributed by atoms with Gasteiger partial charge in [-0.15, -0.1) is 0 Å². The van der Waals surface area contributed by atoms with Crippen molar-refractivity contribution in [1.82, 2.24) is 0 Å². The highest BCUT2D eigenvalue weighted by Gasteiger charge is 1.96. The lowest BCUT2D eigenvalue weighted by atomic mass is 10.0. The minimum Gasteiger partial charge on any atom is -0.478 e. The van der Waals surface area contributed by atoms with E-state index in [1.807, 2.05) is 12.2 Å². The fourth-order valence-corrected chi connectivity index (χ4v) is 1.26. The van der Waals surface area contributed by atoms with Gasteiger partial charge in [0.25, 0.3) is 0 Å². The first kappa shape index (κ1) is 14.7. The van der Waals surface area contributed by atoms with Gasteiger partial charge in [0.1, 0.15) is 0 Å². The van der Waals surface area contributed by atoms with E-state index in [1.54, 1.807) is 6.92 Å². The Hall–Kier alpha value is -1.31. The fraction of sp³-hybridized carbons (Fsp3) is 0.500. The van der Waals surface area contributed by atoms with E-state index in [0.29, 0.717) is 5.92 Å². The first-order valence-electron chi connectivity index (χ1n) is 5.63. The van der Waals surface area contributed by atoms with Crippen LogP contribution in [0.1, 0.15) is 40.5 Å². The Morgan fingerprint density at radius 2 is 1.88 bits per heavy atom. The quantitative estimate of drug-likeness (QED) is 0.419. The van der Waals surface area contributed by atoms with Crippen molar-refractivity contribution in [3.63, 3.8) is 0 Å². The van der Waals surface area contributed by atoms with Gasteiger partial charge >= 0.3 is 5.97 Å². The Bertz CT molecular complexity index is 305. The topological polar surface area (TPSA) is 37.3 Å². The maximum absolute atomic E-state index is 10.4. The predicted molar refractivity (Wildman–Crippen MR) is 68.4 cm³/mol. The van der Waals surface area contributed by atoms with Crippen molar-refractivity contribution in [3.8, 4) is 0 Å². The maximum atomic E-state index is 10.4. The van der Waals surface area contributed by atoms with E-state index in [4.69, 9.17) is 5.11 Å². The fourth-order valence-electron chi connectivity index (χ4n) is 1.26. The van der Waals surface area contributed by atoms with Crippen molar-refractivity contribution in [2.24, 2.45) is 5.92 Å². The molecule has 1 atom stereocenters. The summed E-state index contributed by atoms with van der Waals surface area (Å²) < 4.78 is 0. The molecule has 0 aliphatic rings. The Morgan fingerprint density at radius 3 is 2.38 bits per heavy atom. The summed E-state index contributed by atoms with van der Waals surface area (Å²) >= 11 is 0. The molecule has 0 saturated heterocycles. The maximum Gasteiger partial charge on any atom is 0.328 e. The van der Waals surface area contributed by atoms with Crippen molar-refractivity contribution in [2.45, 2.75) is 40.5 Å². The zero-order valence-electron chi connectivity index (χ0n) is 10.7. The van der Waals surface area contributed by atoms with Crippen LogP contribution in [0, 0.1) is 5.92 Å². The second-order valence-electron chi connectivity index (χ2n) is 4.49. The number of carbonyl (C=O) groups is 1. The standard InChI is InChI=1S/C14H22O2/c1-11(2)8-9-12(3)6-5-7-13(4)10-14(15)16/h5,7-8,10,12H,6,9H2,1-4H3,(H,15,16). The number of hydrogen-bond acceptors (Lipinski definition) is 1. The Morgan fingerprint density at radius 1 is 1.25 bits per heavy atom. The third kappa shape index (κ3) is 9.25. The lowest BCUT2D eigenvalue weighted by Crippen LogP contribution is -1.91. The Kier molecular flexibility index (Phi) is 7.27. The van der Waals surface area contributed by atoms with Gasteiger partial charge in [-0.05, 0) is 45.1 Å². The van der Waals surface area contributed by atoms with E-state index in [1.165, 1.54) is 11.6 Å². The Labute approximate surface area is 98.4 Å². The van der Waals surface area contributed by atoms with Crippen LogP contribution in [0.5, 0.6) is 0 Å². The lowest BCUT2D eigenvalue weighted by Gasteiger charge is -2.04. The molecule has 16 heavy (non-hydrogen) atoms. The molecular formula is C14H22O2. The van der Waals surface area contributed by atoms with Gasteiger partial charge in [0, 0.05) is 6.08 Å². The van der Waals surface area contributed by atoms with Gasteiger partial charge in [-0.1, -0.05) is 30.7 Å². The van der Waals surface area contributed by atoms with Gasteiger partial charge in [0.2, 0.25) is 0 Å². The summed E-state index contributed by atoms with van der Waals surface area (Å²) in [5, 5.41) is 8.52. The second kappa shape index (κ2) is 7.91. The molecule has 0 aliphatic heterocycles. The third-order valence-corrected chi connectivity index (χ3v) is 2.20. The SMILES string of the molecule is CC(C)=CCC(C)CC=CC(C)=CC(=O)O. The molecule has 0 amide bonds. The number of hydrogen-bond donors (Lipinski definition) is 1. The molecule has 1 N–H and O–H groups in total. The minimum atomic E-state index is -0.889. The van der Waals surface area contributed by atoms with Gasteiger partial charge in [-0.25, -0.2) is 4.79 Å². The number of carboxylic acids is 1. The molecule has 0 rings (SSSR count).